The number of nitrogens with one attached hydrogen (secondary N) is 1. The smallest absolute Gasteiger partial charge is 0.324 e. The summed E-state index contributed by atoms with van der Waals surface area (Å²) >= 11 is 0. The van der Waals surface area contributed by atoms with Crippen LogP contribution in [0.5, 0.6) is 0 Å². The van der Waals surface area contributed by atoms with Crippen LogP contribution in [-0.2, 0) is 14.3 Å². The Morgan fingerprint density at radius 1 is 0.933 bits per heavy atom. The average molecular weight is 415 g/mol. The molecule has 1 aliphatic rings. The van der Waals surface area contributed by atoms with E-state index in [0.29, 0.717) is 17.9 Å². The van der Waals surface area contributed by atoms with Crippen LogP contribution in [0.2, 0.25) is 0 Å². The maximum atomic E-state index is 12.5. The number of carbonyl (C=O) groups excluding carboxylic acids is 2. The number of rotatable bonds is 15. The third-order valence-electron chi connectivity index (χ3n) is 5.56. The highest BCUT2D eigenvalue weighted by Crippen LogP contribution is 2.17. The van der Waals surface area contributed by atoms with Gasteiger partial charge in [-0.25, -0.2) is 0 Å². The molecule has 2 rings (SSSR count). The van der Waals surface area contributed by atoms with E-state index in [1.807, 2.05) is 18.2 Å². The Kier molecular flexibility index (Phi) is 11.9. The Hall–Kier alpha value is -2.17. The van der Waals surface area contributed by atoms with Gasteiger partial charge in [0.05, 0.1) is 5.71 Å². The SMILES string of the molecule is CCCCCCCCCCCCCCN=C1COC(=O)C1C(=O)Nc1ccccc1. The third kappa shape index (κ3) is 9.10. The first-order valence-corrected chi connectivity index (χ1v) is 11.8. The topological polar surface area (TPSA) is 67.8 Å². The average Bonchev–Trinajstić information content (AvgIpc) is 3.12. The van der Waals surface area contributed by atoms with Gasteiger partial charge in [0.1, 0.15) is 6.61 Å². The zero-order chi connectivity index (χ0) is 21.4. The first-order valence-electron chi connectivity index (χ1n) is 11.8. The van der Waals surface area contributed by atoms with E-state index in [-0.39, 0.29) is 12.5 Å². The minimum atomic E-state index is -0.914. The highest BCUT2D eigenvalue weighted by molar-refractivity contribution is 6.24. The van der Waals surface area contributed by atoms with E-state index in [1.54, 1.807) is 12.1 Å². The molecule has 0 saturated carbocycles. The highest BCUT2D eigenvalue weighted by Gasteiger charge is 2.39. The molecule has 1 aromatic carbocycles. The fourth-order valence-corrected chi connectivity index (χ4v) is 3.75. The summed E-state index contributed by atoms with van der Waals surface area (Å²) in [7, 11) is 0. The zero-order valence-electron chi connectivity index (χ0n) is 18.5. The summed E-state index contributed by atoms with van der Waals surface area (Å²) in [4.78, 5) is 29.0. The number of carbonyl (C=O) groups is 2. The highest BCUT2D eigenvalue weighted by atomic mass is 16.5. The van der Waals surface area contributed by atoms with E-state index in [0.717, 1.165) is 12.8 Å². The molecule has 0 radical (unpaired) electrons. The van der Waals surface area contributed by atoms with Crippen molar-refractivity contribution < 1.29 is 14.3 Å². The van der Waals surface area contributed by atoms with Crippen molar-refractivity contribution in [2.75, 3.05) is 18.5 Å². The van der Waals surface area contributed by atoms with Crippen molar-refractivity contribution in [1.29, 1.82) is 0 Å². The van der Waals surface area contributed by atoms with Gasteiger partial charge in [0.25, 0.3) is 0 Å². The number of nitrogens with zero attached hydrogens (tertiary/aromatic N) is 1. The second-order valence-electron chi connectivity index (χ2n) is 8.16. The van der Waals surface area contributed by atoms with Gasteiger partial charge in [-0.15, -0.1) is 0 Å². The first kappa shape index (κ1) is 24.1. The molecule has 30 heavy (non-hydrogen) atoms. The quantitative estimate of drug-likeness (QED) is 0.219. The van der Waals surface area contributed by atoms with Crippen LogP contribution < -0.4 is 5.32 Å². The Morgan fingerprint density at radius 3 is 2.10 bits per heavy atom. The molecule has 1 heterocycles. The Bertz CT molecular complexity index is 658. The third-order valence-corrected chi connectivity index (χ3v) is 5.56. The second kappa shape index (κ2) is 14.8. The summed E-state index contributed by atoms with van der Waals surface area (Å²) in [6.07, 6.45) is 15.6. The summed E-state index contributed by atoms with van der Waals surface area (Å²) < 4.78 is 5.07. The molecule has 0 aromatic heterocycles. The molecule has 0 spiro atoms. The summed E-state index contributed by atoms with van der Waals surface area (Å²) in [6.45, 7) is 3.04. The fraction of sp³-hybridized carbons (Fsp3) is 0.640. The molecule has 0 aliphatic carbocycles. The monoisotopic (exact) mass is 414 g/mol. The van der Waals surface area contributed by atoms with Gasteiger partial charge in [0.15, 0.2) is 5.92 Å². The van der Waals surface area contributed by atoms with E-state index in [9.17, 15) is 9.59 Å². The normalized spacial score (nSPS) is 17.3. The van der Waals surface area contributed by atoms with Crippen molar-refractivity contribution >= 4 is 23.3 Å². The van der Waals surface area contributed by atoms with Crippen LogP contribution in [0.25, 0.3) is 0 Å². The lowest BCUT2D eigenvalue weighted by atomic mass is 10.0. The van der Waals surface area contributed by atoms with Gasteiger partial charge in [0.2, 0.25) is 5.91 Å². The number of unbranched alkanes of at least 4 members (excludes halogenated alkanes) is 11. The van der Waals surface area contributed by atoms with Crippen LogP contribution in [-0.4, -0.2) is 30.7 Å². The molecule has 1 aromatic rings. The molecule has 1 saturated heterocycles. The number of esters is 1. The molecule has 1 fully saturated rings. The molecule has 1 unspecified atom stereocenters. The van der Waals surface area contributed by atoms with Crippen molar-refractivity contribution in [1.82, 2.24) is 0 Å². The molecule has 1 atom stereocenters. The number of hydrogen-bond donors (Lipinski definition) is 1. The Labute approximate surface area is 181 Å². The van der Waals surface area contributed by atoms with Crippen molar-refractivity contribution in [3.05, 3.63) is 30.3 Å². The largest absolute Gasteiger partial charge is 0.459 e. The fourth-order valence-electron chi connectivity index (χ4n) is 3.75. The van der Waals surface area contributed by atoms with Gasteiger partial charge in [-0.1, -0.05) is 95.8 Å². The van der Waals surface area contributed by atoms with E-state index >= 15 is 0 Å². The second-order valence-corrected chi connectivity index (χ2v) is 8.16. The summed E-state index contributed by atoms with van der Waals surface area (Å²) in [6, 6.07) is 9.14. The van der Waals surface area contributed by atoms with Crippen LogP contribution in [0.15, 0.2) is 35.3 Å². The lowest BCUT2D eigenvalue weighted by Crippen LogP contribution is -2.31. The molecule has 0 bridgehead atoms. The van der Waals surface area contributed by atoms with Crippen molar-refractivity contribution in [3.8, 4) is 0 Å². The van der Waals surface area contributed by atoms with Gasteiger partial charge in [-0.3, -0.25) is 14.6 Å². The molecule has 166 valence electrons. The van der Waals surface area contributed by atoms with Gasteiger partial charge < -0.3 is 10.1 Å². The van der Waals surface area contributed by atoms with Crippen LogP contribution in [0.4, 0.5) is 5.69 Å². The number of anilines is 1. The summed E-state index contributed by atoms with van der Waals surface area (Å²) in [5.41, 5.74) is 1.22. The number of hydrogen-bond acceptors (Lipinski definition) is 4. The summed E-state index contributed by atoms with van der Waals surface area (Å²) in [5.74, 6) is -1.78. The first-order chi connectivity index (χ1) is 14.7. The van der Waals surface area contributed by atoms with Crippen molar-refractivity contribution in [3.63, 3.8) is 0 Å². The number of ether oxygens (including phenoxy) is 1. The minimum Gasteiger partial charge on any atom is -0.459 e. The number of para-hydroxylation sites is 1. The van der Waals surface area contributed by atoms with E-state index < -0.39 is 11.9 Å². The standard InChI is InChI=1S/C25H38N2O3/c1-2-3-4-5-6-7-8-9-10-11-12-16-19-26-22-20-30-25(29)23(22)24(28)27-21-17-14-13-15-18-21/h13-15,17-18,23H,2-12,16,19-20H2,1H3,(H,27,28). The Balaban J connectivity index is 1.57. The van der Waals surface area contributed by atoms with Gasteiger partial charge in [-0.05, 0) is 18.6 Å². The van der Waals surface area contributed by atoms with E-state index in [2.05, 4.69) is 17.2 Å². The van der Waals surface area contributed by atoms with Gasteiger partial charge in [-0.2, -0.15) is 0 Å². The van der Waals surface area contributed by atoms with Crippen molar-refractivity contribution in [2.45, 2.75) is 84.0 Å². The molecule has 1 aliphatic heterocycles. The minimum absolute atomic E-state index is 0.129. The van der Waals surface area contributed by atoms with E-state index in [1.165, 1.54) is 64.2 Å². The number of aliphatic imine (C=N–C) groups is 1. The molecular formula is C25H38N2O3. The molecule has 5 heteroatoms. The van der Waals surface area contributed by atoms with Crippen LogP contribution >= 0.6 is 0 Å². The zero-order valence-corrected chi connectivity index (χ0v) is 18.5. The number of cyclic esters (lactones) is 1. The predicted octanol–water partition coefficient (Wildman–Crippen LogP) is 5.94. The van der Waals surface area contributed by atoms with Crippen LogP contribution in [0.3, 0.4) is 0 Å². The maximum Gasteiger partial charge on any atom is 0.324 e. The van der Waals surface area contributed by atoms with Crippen LogP contribution in [0.1, 0.15) is 84.0 Å². The van der Waals surface area contributed by atoms with E-state index in [4.69, 9.17) is 4.74 Å². The maximum absolute atomic E-state index is 12.5. The number of benzene rings is 1. The molecule has 1 N–H and O–H groups in total. The summed E-state index contributed by atoms with van der Waals surface area (Å²) in [5, 5.41) is 2.77. The lowest BCUT2D eigenvalue weighted by Gasteiger charge is -2.09. The van der Waals surface area contributed by atoms with Gasteiger partial charge in [0, 0.05) is 12.2 Å². The molecular weight excluding hydrogens is 376 g/mol. The molecule has 1 amide bonds. The van der Waals surface area contributed by atoms with Crippen LogP contribution in [0, 0.1) is 5.92 Å². The number of amides is 1. The lowest BCUT2D eigenvalue weighted by molar-refractivity contribution is -0.143. The molecule has 5 nitrogen and oxygen atoms in total. The Morgan fingerprint density at radius 2 is 1.50 bits per heavy atom. The van der Waals surface area contributed by atoms with Crippen molar-refractivity contribution in [2.24, 2.45) is 10.9 Å². The predicted molar refractivity (Wildman–Crippen MR) is 123 cm³/mol. The van der Waals surface area contributed by atoms with Gasteiger partial charge >= 0.3 is 5.97 Å².